The minimum Gasteiger partial charge on any atom is -0.872 e. The Labute approximate surface area is 201 Å². The zero-order chi connectivity index (χ0) is 24.8. The number of carbonyl (C=O) groups is 2. The Morgan fingerprint density at radius 2 is 1.76 bits per heavy atom. The molecule has 2 aromatic carbocycles. The lowest BCUT2D eigenvalue weighted by atomic mass is 9.94. The summed E-state index contributed by atoms with van der Waals surface area (Å²) in [6, 6.07) is 11.5. The van der Waals surface area contributed by atoms with Gasteiger partial charge in [-0.25, -0.2) is 0 Å². The summed E-state index contributed by atoms with van der Waals surface area (Å²) in [4.78, 5) is 29.3. The first-order valence-electron chi connectivity index (χ1n) is 11.8. The van der Waals surface area contributed by atoms with Gasteiger partial charge in [0.25, 0.3) is 5.91 Å². The van der Waals surface area contributed by atoms with Crippen LogP contribution in [0.1, 0.15) is 43.5 Å². The number of nitrogens with zero attached hydrogens (tertiary/aromatic N) is 1. The molecule has 0 radical (unpaired) electrons. The molecule has 1 amide bonds. The van der Waals surface area contributed by atoms with E-state index >= 15 is 0 Å². The van der Waals surface area contributed by atoms with Gasteiger partial charge in [0.05, 0.1) is 45.9 Å². The number of para-hydroxylation sites is 1. The number of ether oxygens (including phenoxy) is 2. The number of aryl methyl sites for hydroxylation is 1. The van der Waals surface area contributed by atoms with Gasteiger partial charge in [0.15, 0.2) is 0 Å². The van der Waals surface area contributed by atoms with E-state index in [1.54, 1.807) is 31.4 Å². The molecule has 1 heterocycles. The lowest BCUT2D eigenvalue weighted by molar-refractivity contribution is -0.895. The van der Waals surface area contributed by atoms with Gasteiger partial charge in [-0.05, 0) is 57.0 Å². The second-order valence-corrected chi connectivity index (χ2v) is 8.34. The maximum absolute atomic E-state index is 13.7. The van der Waals surface area contributed by atoms with Crippen molar-refractivity contribution in [3.8, 4) is 11.5 Å². The highest BCUT2D eigenvalue weighted by Crippen LogP contribution is 2.42. The lowest BCUT2D eigenvalue weighted by Gasteiger charge is -2.29. The first-order chi connectivity index (χ1) is 16.4. The molecule has 7 nitrogen and oxygen atoms in total. The number of Topliss-reactive ketones (excluding diaryl/α,β-unsaturated/α-hetero) is 1. The summed E-state index contributed by atoms with van der Waals surface area (Å²) in [5.74, 6) is -0.620. The number of nitrogens with one attached hydrogen (secondary N) is 1. The first kappa shape index (κ1) is 25.3. The number of quaternary nitrogens is 1. The Balaban J connectivity index is 2.16. The molecule has 1 unspecified atom stereocenters. The number of carbonyl (C=O) groups excluding carboxylic acids is 2. The number of methoxy groups -OCH3 is 1. The van der Waals surface area contributed by atoms with Crippen molar-refractivity contribution in [2.75, 3.05) is 39.9 Å². The van der Waals surface area contributed by atoms with E-state index in [0.29, 0.717) is 42.3 Å². The van der Waals surface area contributed by atoms with E-state index in [-0.39, 0.29) is 5.57 Å². The second kappa shape index (κ2) is 11.2. The highest BCUT2D eigenvalue weighted by atomic mass is 16.5. The van der Waals surface area contributed by atoms with E-state index in [0.717, 1.165) is 18.7 Å². The highest BCUT2D eigenvalue weighted by molar-refractivity contribution is 6.46. The summed E-state index contributed by atoms with van der Waals surface area (Å²) in [7, 11) is 1.56. The summed E-state index contributed by atoms with van der Waals surface area (Å²) < 4.78 is 11.1. The van der Waals surface area contributed by atoms with Crippen LogP contribution in [0, 0.1) is 6.92 Å². The largest absolute Gasteiger partial charge is 0.872 e. The second-order valence-electron chi connectivity index (χ2n) is 8.34. The van der Waals surface area contributed by atoms with Crippen LogP contribution in [0.15, 0.2) is 48.0 Å². The maximum Gasteiger partial charge on any atom is 0.295 e. The van der Waals surface area contributed by atoms with Crippen LogP contribution in [0.25, 0.3) is 5.76 Å². The monoisotopic (exact) mass is 466 g/mol. The van der Waals surface area contributed by atoms with Crippen LogP contribution in [0.3, 0.4) is 0 Å². The molecule has 1 saturated heterocycles. The molecule has 0 bridgehead atoms. The quantitative estimate of drug-likeness (QED) is 0.326. The number of hydrogen-bond donors (Lipinski definition) is 1. The molecule has 0 aromatic heterocycles. The molecule has 1 aliphatic heterocycles. The third kappa shape index (κ3) is 4.94. The molecule has 1 fully saturated rings. The summed E-state index contributed by atoms with van der Waals surface area (Å²) >= 11 is 0. The predicted octanol–water partition coefficient (Wildman–Crippen LogP) is 1.55. The molecule has 1 aliphatic rings. The standard InChI is InChI=1S/C27H34N2O5/c1-6-28(7-2)15-16-29-24(20-11-9-10-12-22(20)34-8-3)23(26(31)27(29)32)25(30)19-13-14-21(33-5)18(4)17-19/h9-14,17,24,30H,6-8,15-16H2,1-5H3. The molecule has 0 aliphatic carbocycles. The number of benzene rings is 2. The van der Waals surface area contributed by atoms with Crippen molar-refractivity contribution < 1.29 is 29.1 Å². The van der Waals surface area contributed by atoms with Crippen molar-refractivity contribution in [1.82, 2.24) is 4.90 Å². The fraction of sp³-hybridized carbons (Fsp3) is 0.407. The number of likely N-dealkylation sites (tertiary alicyclic amines) is 1. The Morgan fingerprint density at radius 1 is 1.06 bits per heavy atom. The Kier molecular flexibility index (Phi) is 8.34. The van der Waals surface area contributed by atoms with Crippen LogP contribution in [0.4, 0.5) is 0 Å². The Bertz CT molecular complexity index is 1070. The smallest absolute Gasteiger partial charge is 0.295 e. The molecule has 0 saturated carbocycles. The van der Waals surface area contributed by atoms with E-state index < -0.39 is 23.5 Å². The van der Waals surface area contributed by atoms with Gasteiger partial charge in [0, 0.05) is 11.1 Å². The minimum absolute atomic E-state index is 0.0312. The summed E-state index contributed by atoms with van der Waals surface area (Å²) in [6.07, 6.45) is 0. The van der Waals surface area contributed by atoms with Crippen LogP contribution in [-0.4, -0.2) is 56.5 Å². The van der Waals surface area contributed by atoms with Crippen LogP contribution >= 0.6 is 0 Å². The van der Waals surface area contributed by atoms with E-state index in [9.17, 15) is 14.7 Å². The minimum atomic E-state index is -0.798. The van der Waals surface area contributed by atoms with Crippen molar-refractivity contribution >= 4 is 17.4 Å². The number of likely N-dealkylation sites (N-methyl/N-ethyl adjacent to an activating group) is 1. The summed E-state index contributed by atoms with van der Waals surface area (Å²) in [6.45, 7) is 11.2. The van der Waals surface area contributed by atoms with E-state index in [4.69, 9.17) is 9.47 Å². The molecule has 34 heavy (non-hydrogen) atoms. The molecule has 3 rings (SSSR count). The van der Waals surface area contributed by atoms with Gasteiger partial charge in [0.1, 0.15) is 11.5 Å². The van der Waals surface area contributed by atoms with Crippen LogP contribution in [0.2, 0.25) is 0 Å². The molecule has 7 heteroatoms. The molecule has 2 aromatic rings. The zero-order valence-electron chi connectivity index (χ0n) is 20.6. The van der Waals surface area contributed by atoms with Gasteiger partial charge in [-0.2, -0.15) is 0 Å². The Hall–Kier alpha value is -3.32. The lowest BCUT2D eigenvalue weighted by Crippen LogP contribution is -3.12. The average molecular weight is 467 g/mol. The van der Waals surface area contributed by atoms with Gasteiger partial charge < -0.3 is 24.4 Å². The Morgan fingerprint density at radius 3 is 2.38 bits per heavy atom. The number of hydrogen-bond acceptors (Lipinski definition) is 5. The van der Waals surface area contributed by atoms with Crippen molar-refractivity contribution in [2.24, 2.45) is 0 Å². The fourth-order valence-corrected chi connectivity index (χ4v) is 4.47. The highest BCUT2D eigenvalue weighted by Gasteiger charge is 2.45. The van der Waals surface area contributed by atoms with Gasteiger partial charge in [-0.3, -0.25) is 9.59 Å². The first-order valence-corrected chi connectivity index (χ1v) is 11.8. The molecule has 1 N–H and O–H groups in total. The van der Waals surface area contributed by atoms with Crippen molar-refractivity contribution in [3.05, 3.63) is 64.7 Å². The molecule has 182 valence electrons. The van der Waals surface area contributed by atoms with Gasteiger partial charge >= 0.3 is 0 Å². The molecular formula is C27H34N2O5. The van der Waals surface area contributed by atoms with Crippen LogP contribution in [0.5, 0.6) is 11.5 Å². The van der Waals surface area contributed by atoms with Crippen LogP contribution in [-0.2, 0) is 9.59 Å². The number of rotatable bonds is 10. The maximum atomic E-state index is 13.7. The van der Waals surface area contributed by atoms with Crippen molar-refractivity contribution in [1.29, 1.82) is 0 Å². The average Bonchev–Trinajstić information content (AvgIpc) is 3.09. The van der Waals surface area contributed by atoms with Gasteiger partial charge in [0.2, 0.25) is 5.78 Å². The van der Waals surface area contributed by atoms with E-state index in [1.165, 1.54) is 9.80 Å². The van der Waals surface area contributed by atoms with E-state index in [2.05, 4.69) is 13.8 Å². The normalized spacial score (nSPS) is 17.5. The number of ketones is 1. The van der Waals surface area contributed by atoms with E-state index in [1.807, 2.05) is 32.0 Å². The van der Waals surface area contributed by atoms with Gasteiger partial charge in [-0.15, -0.1) is 0 Å². The molecular weight excluding hydrogens is 432 g/mol. The third-order valence-electron chi connectivity index (χ3n) is 6.41. The zero-order valence-corrected chi connectivity index (χ0v) is 20.6. The van der Waals surface area contributed by atoms with Crippen molar-refractivity contribution in [2.45, 2.75) is 33.7 Å². The summed E-state index contributed by atoms with van der Waals surface area (Å²) in [5.41, 5.74) is 1.74. The van der Waals surface area contributed by atoms with Crippen molar-refractivity contribution in [3.63, 3.8) is 0 Å². The third-order valence-corrected chi connectivity index (χ3v) is 6.41. The topological polar surface area (TPSA) is 83.3 Å². The number of amides is 1. The SMILES string of the molecule is CCOc1ccccc1C1C(=C([O-])c2ccc(OC)c(C)c2)C(=O)C(=O)N1CC[NH+](CC)CC. The molecule has 0 spiro atoms. The summed E-state index contributed by atoms with van der Waals surface area (Å²) in [5, 5.41) is 13.7. The molecule has 1 atom stereocenters. The fourth-order valence-electron chi connectivity index (χ4n) is 4.47. The van der Waals surface area contributed by atoms with Gasteiger partial charge in [-0.1, -0.05) is 30.0 Å². The van der Waals surface area contributed by atoms with Crippen LogP contribution < -0.4 is 19.5 Å². The predicted molar refractivity (Wildman–Crippen MR) is 129 cm³/mol.